The van der Waals surface area contributed by atoms with Gasteiger partial charge >= 0.3 is 18.1 Å². The number of nitrogens with zero attached hydrogens (tertiary/aromatic N) is 2. The fourth-order valence-electron chi connectivity index (χ4n) is 3.18. The predicted molar refractivity (Wildman–Crippen MR) is 130 cm³/mol. The van der Waals surface area contributed by atoms with E-state index in [-0.39, 0.29) is 24.1 Å². The van der Waals surface area contributed by atoms with Crippen LogP contribution in [-0.2, 0) is 9.47 Å². The number of hydrogen-bond donors (Lipinski definition) is 2. The van der Waals surface area contributed by atoms with Crippen molar-refractivity contribution >= 4 is 18.1 Å². The van der Waals surface area contributed by atoms with Crippen LogP contribution in [0.3, 0.4) is 0 Å². The summed E-state index contributed by atoms with van der Waals surface area (Å²) in [5, 5.41) is 6.18. The van der Waals surface area contributed by atoms with Gasteiger partial charge in [-0.2, -0.15) is 0 Å². The average molecular weight is 473 g/mol. The average Bonchev–Trinajstić information content (AvgIpc) is 2.84. The largest absolute Gasteiger partial charge is 0.465 e. The Morgan fingerprint density at radius 1 is 1.06 bits per heavy atom. The molecule has 0 radical (unpaired) electrons. The third-order valence-corrected chi connectivity index (χ3v) is 5.02. The number of nitrogens with one attached hydrogen (secondary N) is 2. The molecular formula is C25H36N4O5. The van der Waals surface area contributed by atoms with Gasteiger partial charge in [-0.25, -0.2) is 14.4 Å². The molecule has 1 aromatic carbocycles. The Hall–Kier alpha value is -3.33. The van der Waals surface area contributed by atoms with Gasteiger partial charge in [0.15, 0.2) is 0 Å². The van der Waals surface area contributed by atoms with Crippen LogP contribution in [0.25, 0.3) is 0 Å². The molecule has 0 aromatic heterocycles. The molecule has 1 saturated heterocycles. The minimum atomic E-state index is -0.425. The Bertz CT molecular complexity index is 884. The molecule has 34 heavy (non-hydrogen) atoms. The van der Waals surface area contributed by atoms with Crippen LogP contribution in [0, 0.1) is 0 Å². The van der Waals surface area contributed by atoms with Gasteiger partial charge in [-0.15, -0.1) is 0 Å². The molecule has 3 rings (SSSR count). The molecule has 2 aliphatic heterocycles. The van der Waals surface area contributed by atoms with Gasteiger partial charge in [0.05, 0.1) is 18.7 Å². The Morgan fingerprint density at radius 2 is 1.71 bits per heavy atom. The first-order valence-electron chi connectivity index (χ1n) is 11.4. The lowest BCUT2D eigenvalue weighted by Crippen LogP contribution is -2.50. The molecule has 0 saturated carbocycles. The van der Waals surface area contributed by atoms with E-state index in [9.17, 15) is 14.4 Å². The summed E-state index contributed by atoms with van der Waals surface area (Å²) in [5.41, 5.74) is 1.03. The number of urea groups is 1. The van der Waals surface area contributed by atoms with Gasteiger partial charge in [0.25, 0.3) is 0 Å². The van der Waals surface area contributed by atoms with Crippen LogP contribution < -0.4 is 10.6 Å². The number of benzene rings is 1. The first-order valence-corrected chi connectivity index (χ1v) is 11.4. The molecule has 2 aliphatic rings. The number of allylic oxidation sites excluding steroid dienone is 2. The van der Waals surface area contributed by atoms with Gasteiger partial charge in [0.2, 0.25) is 0 Å². The van der Waals surface area contributed by atoms with E-state index in [4.69, 9.17) is 4.74 Å². The first kappa shape index (κ1) is 26.9. The zero-order valence-corrected chi connectivity index (χ0v) is 20.7. The summed E-state index contributed by atoms with van der Waals surface area (Å²) in [6.07, 6.45) is 7.04. The van der Waals surface area contributed by atoms with Gasteiger partial charge in [-0.3, -0.25) is 4.90 Å². The maximum atomic E-state index is 12.1. The van der Waals surface area contributed by atoms with E-state index in [1.54, 1.807) is 23.2 Å². The highest BCUT2D eigenvalue weighted by atomic mass is 16.6. The van der Waals surface area contributed by atoms with E-state index in [2.05, 4.69) is 15.4 Å². The van der Waals surface area contributed by atoms with Crippen LogP contribution >= 0.6 is 0 Å². The van der Waals surface area contributed by atoms with Crippen molar-refractivity contribution < 1.29 is 23.9 Å². The molecule has 1 unspecified atom stereocenters. The molecule has 9 heteroatoms. The summed E-state index contributed by atoms with van der Waals surface area (Å²) >= 11 is 0. The van der Waals surface area contributed by atoms with Gasteiger partial charge in [0, 0.05) is 38.9 Å². The highest BCUT2D eigenvalue weighted by molar-refractivity contribution is 5.89. The highest BCUT2D eigenvalue weighted by Crippen LogP contribution is 2.15. The van der Waals surface area contributed by atoms with Crippen molar-refractivity contribution in [3.63, 3.8) is 0 Å². The quantitative estimate of drug-likeness (QED) is 0.654. The molecule has 1 atom stereocenters. The number of rotatable bonds is 3. The van der Waals surface area contributed by atoms with E-state index in [1.165, 1.54) is 12.0 Å². The second-order valence-electron chi connectivity index (χ2n) is 8.92. The van der Waals surface area contributed by atoms with Crippen LogP contribution in [0.5, 0.6) is 0 Å². The molecule has 9 nitrogen and oxygen atoms in total. The number of methoxy groups -OCH3 is 1. The van der Waals surface area contributed by atoms with Gasteiger partial charge in [-0.05, 0) is 51.5 Å². The van der Waals surface area contributed by atoms with Crippen molar-refractivity contribution in [1.82, 2.24) is 20.4 Å². The fourth-order valence-corrected chi connectivity index (χ4v) is 3.18. The molecule has 1 aromatic rings. The molecule has 0 aliphatic carbocycles. The summed E-state index contributed by atoms with van der Waals surface area (Å²) < 4.78 is 9.84. The standard InChI is InChI=1S/C15H21N3O3.C10H15NO2/c1-11(17-15(20)18-9-7-16-8-10-18)12-3-5-13(6-4-12)14(19)21-2;1-10(2,3)13-9(12)11-7-5-4-6-8-11/h3-6,11,16H,7-10H2,1-2H3,(H,17,20);4-7H,8H2,1-3H3. The van der Waals surface area contributed by atoms with Crippen LogP contribution in [0.15, 0.2) is 48.7 Å². The van der Waals surface area contributed by atoms with Crippen molar-refractivity contribution in [2.45, 2.75) is 39.3 Å². The Balaban J connectivity index is 0.000000270. The van der Waals surface area contributed by atoms with Crippen molar-refractivity contribution in [1.29, 1.82) is 0 Å². The number of carbonyl (C=O) groups excluding carboxylic acids is 3. The Labute approximate surface area is 201 Å². The minimum absolute atomic E-state index is 0.0546. The molecule has 186 valence electrons. The zero-order valence-electron chi connectivity index (χ0n) is 20.7. The molecule has 2 N–H and O–H groups in total. The van der Waals surface area contributed by atoms with Crippen molar-refractivity contribution in [3.8, 4) is 0 Å². The second kappa shape index (κ2) is 12.8. The van der Waals surface area contributed by atoms with E-state index in [1.807, 2.05) is 58.1 Å². The summed E-state index contributed by atoms with van der Waals surface area (Å²) in [7, 11) is 1.35. The lowest BCUT2D eigenvalue weighted by molar-refractivity contribution is 0.0350. The maximum absolute atomic E-state index is 12.1. The van der Waals surface area contributed by atoms with Crippen molar-refractivity contribution in [2.75, 3.05) is 39.8 Å². The lowest BCUT2D eigenvalue weighted by atomic mass is 10.1. The topological polar surface area (TPSA) is 100 Å². The number of piperazine rings is 1. The smallest absolute Gasteiger partial charge is 0.414 e. The Morgan fingerprint density at radius 3 is 2.24 bits per heavy atom. The van der Waals surface area contributed by atoms with E-state index in [0.29, 0.717) is 12.1 Å². The third-order valence-electron chi connectivity index (χ3n) is 5.02. The van der Waals surface area contributed by atoms with Crippen LogP contribution in [-0.4, -0.2) is 73.3 Å². The van der Waals surface area contributed by atoms with Crippen LogP contribution in [0.4, 0.5) is 9.59 Å². The number of ether oxygens (including phenoxy) is 2. The Kier molecular flexibility index (Phi) is 10.1. The number of esters is 1. The molecular weight excluding hydrogens is 436 g/mol. The summed E-state index contributed by atoms with van der Waals surface area (Å²) in [4.78, 5) is 38.3. The minimum Gasteiger partial charge on any atom is -0.465 e. The fraction of sp³-hybridized carbons (Fsp3) is 0.480. The van der Waals surface area contributed by atoms with E-state index >= 15 is 0 Å². The van der Waals surface area contributed by atoms with E-state index in [0.717, 1.165) is 31.7 Å². The molecule has 0 bridgehead atoms. The van der Waals surface area contributed by atoms with Gasteiger partial charge in [0.1, 0.15) is 5.60 Å². The summed E-state index contributed by atoms with van der Waals surface area (Å²) in [5.74, 6) is -0.362. The molecule has 3 amide bonds. The molecule has 2 heterocycles. The van der Waals surface area contributed by atoms with Gasteiger partial charge in [-0.1, -0.05) is 24.3 Å². The van der Waals surface area contributed by atoms with Crippen LogP contribution in [0.1, 0.15) is 49.7 Å². The normalized spacial score (nSPS) is 16.1. The monoisotopic (exact) mass is 472 g/mol. The summed E-state index contributed by atoms with van der Waals surface area (Å²) in [6.45, 7) is 11.2. The van der Waals surface area contributed by atoms with Crippen LogP contribution in [0.2, 0.25) is 0 Å². The first-order chi connectivity index (χ1) is 16.1. The number of hydrogen-bond acceptors (Lipinski definition) is 6. The SMILES string of the molecule is CC(C)(C)OC(=O)N1C=CC=CC1.COC(=O)c1ccc(C(C)NC(=O)N2CCNCC2)cc1. The molecule has 0 spiro atoms. The summed E-state index contributed by atoms with van der Waals surface area (Å²) in [6, 6.07) is 6.90. The lowest BCUT2D eigenvalue weighted by Gasteiger charge is -2.29. The highest BCUT2D eigenvalue weighted by Gasteiger charge is 2.20. The maximum Gasteiger partial charge on any atom is 0.414 e. The number of carbonyl (C=O) groups is 3. The zero-order chi connectivity index (χ0) is 25.1. The predicted octanol–water partition coefficient (Wildman–Crippen LogP) is 3.46. The third kappa shape index (κ3) is 8.90. The number of amides is 3. The van der Waals surface area contributed by atoms with E-state index < -0.39 is 5.60 Å². The second-order valence-corrected chi connectivity index (χ2v) is 8.92. The van der Waals surface area contributed by atoms with Crippen molar-refractivity contribution in [2.24, 2.45) is 0 Å². The molecule has 1 fully saturated rings. The van der Waals surface area contributed by atoms with Gasteiger partial charge < -0.3 is 25.0 Å². The van der Waals surface area contributed by atoms with Crippen molar-refractivity contribution in [3.05, 3.63) is 59.8 Å².